The van der Waals surface area contributed by atoms with Crippen LogP contribution >= 0.6 is 15.9 Å². The van der Waals surface area contributed by atoms with Gasteiger partial charge in [-0.25, -0.2) is 9.59 Å². The van der Waals surface area contributed by atoms with Gasteiger partial charge in [-0.15, -0.1) is 0 Å². The van der Waals surface area contributed by atoms with Crippen molar-refractivity contribution in [2.75, 3.05) is 14.2 Å². The average Bonchev–Trinajstić information content (AvgIpc) is 2.69. The molecular formula is C21H17BrO6. The molecule has 0 aliphatic carbocycles. The molecule has 144 valence electrons. The second-order valence-corrected chi connectivity index (χ2v) is 6.70. The Balaban J connectivity index is 1.85. The Morgan fingerprint density at radius 2 is 1.93 bits per heavy atom. The second kappa shape index (κ2) is 8.75. The van der Waals surface area contributed by atoms with Crippen LogP contribution in [0.5, 0.6) is 11.5 Å². The van der Waals surface area contributed by atoms with Crippen LogP contribution in [0.2, 0.25) is 0 Å². The van der Waals surface area contributed by atoms with Crippen LogP contribution in [0.25, 0.3) is 17.0 Å². The third kappa shape index (κ3) is 4.61. The topological polar surface area (TPSA) is 75.0 Å². The molecule has 0 saturated heterocycles. The molecule has 0 unspecified atom stereocenters. The fourth-order valence-corrected chi connectivity index (χ4v) is 2.96. The van der Waals surface area contributed by atoms with Gasteiger partial charge in [-0.3, -0.25) is 0 Å². The quantitative estimate of drug-likeness (QED) is 0.320. The predicted octanol–water partition coefficient (Wildman–Crippen LogP) is 4.33. The second-order valence-electron chi connectivity index (χ2n) is 5.79. The largest absolute Gasteiger partial charge is 0.493 e. The van der Waals surface area contributed by atoms with Gasteiger partial charge >= 0.3 is 11.6 Å². The van der Waals surface area contributed by atoms with Crippen LogP contribution in [0.3, 0.4) is 0 Å². The SMILES string of the molecule is COC(=O)C=Cc1ccc(OCc2cc(=O)oc3cc(Br)ccc23)c(OC)c1. The van der Waals surface area contributed by atoms with Crippen molar-refractivity contribution in [1.82, 2.24) is 0 Å². The summed E-state index contributed by atoms with van der Waals surface area (Å²) in [6, 6.07) is 12.1. The Morgan fingerprint density at radius 1 is 1.11 bits per heavy atom. The lowest BCUT2D eigenvalue weighted by Gasteiger charge is -2.12. The lowest BCUT2D eigenvalue weighted by molar-refractivity contribution is -0.134. The number of carbonyl (C=O) groups excluding carboxylic acids is 1. The molecule has 1 heterocycles. The third-order valence-electron chi connectivity index (χ3n) is 3.98. The number of methoxy groups -OCH3 is 2. The highest BCUT2D eigenvalue weighted by molar-refractivity contribution is 9.10. The van der Waals surface area contributed by atoms with Crippen molar-refractivity contribution < 1.29 is 23.4 Å². The van der Waals surface area contributed by atoms with Crippen molar-refractivity contribution in [2.45, 2.75) is 6.61 Å². The molecule has 1 aromatic heterocycles. The zero-order valence-electron chi connectivity index (χ0n) is 15.2. The summed E-state index contributed by atoms with van der Waals surface area (Å²) >= 11 is 3.36. The van der Waals surface area contributed by atoms with Gasteiger partial charge in [0.25, 0.3) is 0 Å². The molecule has 0 atom stereocenters. The highest BCUT2D eigenvalue weighted by Gasteiger charge is 2.10. The minimum atomic E-state index is -0.445. The fourth-order valence-electron chi connectivity index (χ4n) is 2.62. The van der Waals surface area contributed by atoms with Crippen molar-refractivity contribution in [3.05, 3.63) is 74.6 Å². The van der Waals surface area contributed by atoms with E-state index in [9.17, 15) is 9.59 Å². The number of carbonyl (C=O) groups is 1. The first-order valence-electron chi connectivity index (χ1n) is 8.29. The van der Waals surface area contributed by atoms with E-state index in [1.807, 2.05) is 12.1 Å². The third-order valence-corrected chi connectivity index (χ3v) is 4.47. The Kier molecular flexibility index (Phi) is 6.16. The molecule has 0 aliphatic heterocycles. The smallest absolute Gasteiger partial charge is 0.336 e. The van der Waals surface area contributed by atoms with Crippen molar-refractivity contribution in [3.63, 3.8) is 0 Å². The van der Waals surface area contributed by atoms with Gasteiger partial charge in [0.15, 0.2) is 11.5 Å². The molecule has 2 aromatic carbocycles. The molecule has 0 N–H and O–H groups in total. The van der Waals surface area contributed by atoms with Gasteiger partial charge < -0.3 is 18.6 Å². The van der Waals surface area contributed by atoms with E-state index in [2.05, 4.69) is 20.7 Å². The maximum absolute atomic E-state index is 11.8. The molecule has 0 amide bonds. The molecule has 6 nitrogen and oxygen atoms in total. The van der Waals surface area contributed by atoms with Gasteiger partial charge in [0, 0.05) is 27.6 Å². The Labute approximate surface area is 169 Å². The van der Waals surface area contributed by atoms with Gasteiger partial charge in [0.05, 0.1) is 14.2 Å². The van der Waals surface area contributed by atoms with Crippen LogP contribution in [0.15, 0.2) is 62.2 Å². The Hall–Kier alpha value is -3.06. The first-order valence-corrected chi connectivity index (χ1v) is 9.08. The van der Waals surface area contributed by atoms with Gasteiger partial charge in [-0.2, -0.15) is 0 Å². The number of hydrogen-bond acceptors (Lipinski definition) is 6. The number of hydrogen-bond donors (Lipinski definition) is 0. The summed E-state index contributed by atoms with van der Waals surface area (Å²) in [6.07, 6.45) is 2.94. The highest BCUT2D eigenvalue weighted by atomic mass is 79.9. The summed E-state index contributed by atoms with van der Waals surface area (Å²) in [6.45, 7) is 0.164. The van der Waals surface area contributed by atoms with Crippen LogP contribution in [0, 0.1) is 0 Å². The predicted molar refractivity (Wildman–Crippen MR) is 109 cm³/mol. The van der Waals surface area contributed by atoms with Crippen LogP contribution in [-0.2, 0) is 16.1 Å². The van der Waals surface area contributed by atoms with E-state index in [4.69, 9.17) is 13.9 Å². The van der Waals surface area contributed by atoms with E-state index >= 15 is 0 Å². The molecule has 0 saturated carbocycles. The summed E-state index contributed by atoms with van der Waals surface area (Å²) in [4.78, 5) is 23.1. The zero-order chi connectivity index (χ0) is 20.1. The lowest BCUT2D eigenvalue weighted by atomic mass is 10.1. The lowest BCUT2D eigenvalue weighted by Crippen LogP contribution is -2.04. The molecule has 3 aromatic rings. The van der Waals surface area contributed by atoms with Gasteiger partial charge in [0.1, 0.15) is 12.2 Å². The average molecular weight is 445 g/mol. The van der Waals surface area contributed by atoms with E-state index in [0.29, 0.717) is 22.6 Å². The summed E-state index contributed by atoms with van der Waals surface area (Å²) in [5.74, 6) is 0.568. The number of benzene rings is 2. The summed E-state index contributed by atoms with van der Waals surface area (Å²) in [7, 11) is 2.84. The first kappa shape index (κ1) is 19.7. The minimum absolute atomic E-state index is 0.164. The summed E-state index contributed by atoms with van der Waals surface area (Å²) in [5.41, 5.74) is 1.50. The molecule has 7 heteroatoms. The molecule has 0 fully saturated rings. The molecule has 0 aliphatic rings. The van der Waals surface area contributed by atoms with E-state index in [0.717, 1.165) is 15.4 Å². The first-order chi connectivity index (χ1) is 13.5. The van der Waals surface area contributed by atoms with Crippen molar-refractivity contribution >= 4 is 38.9 Å². The number of halogens is 1. The van der Waals surface area contributed by atoms with Gasteiger partial charge in [-0.1, -0.05) is 22.0 Å². The molecule has 0 radical (unpaired) electrons. The maximum atomic E-state index is 11.8. The summed E-state index contributed by atoms with van der Waals surface area (Å²) < 4.78 is 21.9. The van der Waals surface area contributed by atoms with Crippen molar-refractivity contribution in [3.8, 4) is 11.5 Å². The Bertz CT molecular complexity index is 1100. The highest BCUT2D eigenvalue weighted by Crippen LogP contribution is 2.30. The van der Waals surface area contributed by atoms with Crippen molar-refractivity contribution in [1.29, 1.82) is 0 Å². The van der Waals surface area contributed by atoms with E-state index in [1.54, 1.807) is 30.3 Å². The molecule has 28 heavy (non-hydrogen) atoms. The van der Waals surface area contributed by atoms with Gasteiger partial charge in [-0.05, 0) is 42.0 Å². The monoisotopic (exact) mass is 444 g/mol. The van der Waals surface area contributed by atoms with E-state index < -0.39 is 11.6 Å². The number of rotatable bonds is 6. The maximum Gasteiger partial charge on any atom is 0.336 e. The number of esters is 1. The minimum Gasteiger partial charge on any atom is -0.493 e. The fraction of sp³-hybridized carbons (Fsp3) is 0.143. The zero-order valence-corrected chi connectivity index (χ0v) is 16.8. The number of fused-ring (bicyclic) bond motifs is 1. The van der Waals surface area contributed by atoms with Crippen LogP contribution < -0.4 is 15.1 Å². The van der Waals surface area contributed by atoms with Crippen LogP contribution in [-0.4, -0.2) is 20.2 Å². The van der Waals surface area contributed by atoms with Crippen LogP contribution in [0.1, 0.15) is 11.1 Å². The number of ether oxygens (including phenoxy) is 3. The molecule has 0 spiro atoms. The Morgan fingerprint density at radius 3 is 2.68 bits per heavy atom. The van der Waals surface area contributed by atoms with Crippen molar-refractivity contribution in [2.24, 2.45) is 0 Å². The summed E-state index contributed by atoms with van der Waals surface area (Å²) in [5, 5.41) is 0.791. The standard InChI is InChI=1S/C21H17BrO6/c1-25-19-9-13(4-8-20(23)26-2)3-7-17(19)27-12-14-10-21(24)28-18-11-15(22)5-6-16(14)18/h3-11H,12H2,1-2H3. The van der Waals surface area contributed by atoms with Crippen LogP contribution in [0.4, 0.5) is 0 Å². The van der Waals surface area contributed by atoms with E-state index in [1.165, 1.54) is 26.4 Å². The molecular weight excluding hydrogens is 428 g/mol. The van der Waals surface area contributed by atoms with Gasteiger partial charge in [0.2, 0.25) is 0 Å². The normalized spacial score (nSPS) is 11.0. The van der Waals surface area contributed by atoms with E-state index in [-0.39, 0.29) is 6.61 Å². The molecule has 0 bridgehead atoms. The molecule has 3 rings (SSSR count).